The van der Waals surface area contributed by atoms with E-state index in [-0.39, 0.29) is 12.5 Å². The Kier molecular flexibility index (Phi) is 4.89. The summed E-state index contributed by atoms with van der Waals surface area (Å²) in [6.07, 6.45) is 2.16. The van der Waals surface area contributed by atoms with E-state index in [1.54, 1.807) is 17.0 Å². The van der Waals surface area contributed by atoms with Gasteiger partial charge in [-0.2, -0.15) is 0 Å². The monoisotopic (exact) mass is 279 g/mol. The molecule has 1 aliphatic rings. The second-order valence-electron chi connectivity index (χ2n) is 4.49. The Morgan fingerprint density at radius 1 is 1.35 bits per heavy atom. The number of nitrogens with one attached hydrogen (secondary N) is 1. The SMILES string of the molecule is O=C(O)Cc1ccc(NC(=O)N2CCCOCC2)cn1. The average molecular weight is 279 g/mol. The second kappa shape index (κ2) is 6.85. The van der Waals surface area contributed by atoms with Crippen LogP contribution in [-0.2, 0) is 16.0 Å². The van der Waals surface area contributed by atoms with Crippen molar-refractivity contribution in [1.29, 1.82) is 0 Å². The number of hydrogen-bond acceptors (Lipinski definition) is 4. The fraction of sp³-hybridized carbons (Fsp3) is 0.462. The number of nitrogens with zero attached hydrogens (tertiary/aromatic N) is 2. The number of amides is 2. The van der Waals surface area contributed by atoms with Crippen LogP contribution in [0.3, 0.4) is 0 Å². The Morgan fingerprint density at radius 3 is 2.90 bits per heavy atom. The predicted molar refractivity (Wildman–Crippen MR) is 71.6 cm³/mol. The number of carbonyl (C=O) groups is 2. The highest BCUT2D eigenvalue weighted by Gasteiger charge is 2.15. The van der Waals surface area contributed by atoms with E-state index in [9.17, 15) is 9.59 Å². The average Bonchev–Trinajstić information content (AvgIpc) is 2.69. The fourth-order valence-corrected chi connectivity index (χ4v) is 1.91. The van der Waals surface area contributed by atoms with Crippen molar-refractivity contribution in [2.75, 3.05) is 31.6 Å². The van der Waals surface area contributed by atoms with Gasteiger partial charge in [-0.05, 0) is 18.6 Å². The van der Waals surface area contributed by atoms with Gasteiger partial charge >= 0.3 is 12.0 Å². The van der Waals surface area contributed by atoms with Crippen LogP contribution in [0.25, 0.3) is 0 Å². The van der Waals surface area contributed by atoms with Crippen LogP contribution in [0.15, 0.2) is 18.3 Å². The molecule has 1 saturated heterocycles. The van der Waals surface area contributed by atoms with Gasteiger partial charge in [0.1, 0.15) is 0 Å². The van der Waals surface area contributed by atoms with E-state index in [2.05, 4.69) is 10.3 Å². The lowest BCUT2D eigenvalue weighted by atomic mass is 10.2. The van der Waals surface area contributed by atoms with Crippen molar-refractivity contribution in [2.45, 2.75) is 12.8 Å². The predicted octanol–water partition coefficient (Wildman–Crippen LogP) is 0.963. The summed E-state index contributed by atoms with van der Waals surface area (Å²) < 4.78 is 5.29. The van der Waals surface area contributed by atoms with E-state index in [0.29, 0.717) is 37.7 Å². The lowest BCUT2D eigenvalue weighted by Crippen LogP contribution is -2.36. The smallest absolute Gasteiger partial charge is 0.321 e. The van der Waals surface area contributed by atoms with E-state index in [1.807, 2.05) is 0 Å². The lowest BCUT2D eigenvalue weighted by molar-refractivity contribution is -0.136. The van der Waals surface area contributed by atoms with Crippen LogP contribution < -0.4 is 5.32 Å². The Bertz CT molecular complexity index is 467. The van der Waals surface area contributed by atoms with Gasteiger partial charge in [0, 0.05) is 19.7 Å². The third kappa shape index (κ3) is 4.20. The summed E-state index contributed by atoms with van der Waals surface area (Å²) in [6, 6.07) is 3.05. The molecule has 2 rings (SSSR count). The van der Waals surface area contributed by atoms with Crippen LogP contribution in [0.5, 0.6) is 0 Å². The maximum atomic E-state index is 12.0. The summed E-state index contributed by atoms with van der Waals surface area (Å²) >= 11 is 0. The highest BCUT2D eigenvalue weighted by molar-refractivity contribution is 5.89. The third-order valence-corrected chi connectivity index (χ3v) is 2.92. The normalized spacial score (nSPS) is 15.5. The highest BCUT2D eigenvalue weighted by Crippen LogP contribution is 2.09. The Balaban J connectivity index is 1.91. The van der Waals surface area contributed by atoms with E-state index in [0.717, 1.165) is 6.42 Å². The zero-order chi connectivity index (χ0) is 14.4. The quantitative estimate of drug-likeness (QED) is 0.860. The molecule has 1 fully saturated rings. The van der Waals surface area contributed by atoms with Crippen molar-refractivity contribution in [3.8, 4) is 0 Å². The first-order valence-electron chi connectivity index (χ1n) is 6.45. The van der Waals surface area contributed by atoms with Crippen LogP contribution in [0.4, 0.5) is 10.5 Å². The number of ether oxygens (including phenoxy) is 1. The number of aliphatic carboxylic acids is 1. The summed E-state index contributed by atoms with van der Waals surface area (Å²) in [6.45, 7) is 2.45. The second-order valence-corrected chi connectivity index (χ2v) is 4.49. The van der Waals surface area contributed by atoms with Gasteiger partial charge in [-0.25, -0.2) is 4.79 Å². The number of pyridine rings is 1. The number of urea groups is 1. The molecule has 7 nitrogen and oxygen atoms in total. The number of carbonyl (C=O) groups excluding carboxylic acids is 1. The van der Waals surface area contributed by atoms with E-state index in [4.69, 9.17) is 9.84 Å². The number of aromatic nitrogens is 1. The molecule has 0 aliphatic carbocycles. The van der Waals surface area contributed by atoms with Crippen molar-refractivity contribution in [3.05, 3.63) is 24.0 Å². The van der Waals surface area contributed by atoms with Gasteiger partial charge in [0.25, 0.3) is 0 Å². The molecule has 2 amide bonds. The summed E-state index contributed by atoms with van der Waals surface area (Å²) in [5.41, 5.74) is 1.01. The number of carboxylic acids is 1. The van der Waals surface area contributed by atoms with Gasteiger partial charge in [0.15, 0.2) is 0 Å². The molecule has 0 atom stereocenters. The molecule has 0 spiro atoms. The van der Waals surface area contributed by atoms with Crippen LogP contribution in [0.1, 0.15) is 12.1 Å². The maximum Gasteiger partial charge on any atom is 0.321 e. The van der Waals surface area contributed by atoms with Crippen LogP contribution in [0.2, 0.25) is 0 Å². The van der Waals surface area contributed by atoms with Gasteiger partial charge in [-0.1, -0.05) is 0 Å². The van der Waals surface area contributed by atoms with Crippen molar-refractivity contribution >= 4 is 17.7 Å². The third-order valence-electron chi connectivity index (χ3n) is 2.92. The molecule has 108 valence electrons. The Hall–Kier alpha value is -2.15. The van der Waals surface area contributed by atoms with Gasteiger partial charge in [0.2, 0.25) is 0 Å². The molecule has 2 heterocycles. The number of rotatable bonds is 3. The topological polar surface area (TPSA) is 91.8 Å². The molecule has 0 aromatic carbocycles. The number of carboxylic acid groups (broad SMARTS) is 1. The first-order valence-corrected chi connectivity index (χ1v) is 6.45. The minimum absolute atomic E-state index is 0.127. The van der Waals surface area contributed by atoms with Crippen molar-refractivity contribution in [2.24, 2.45) is 0 Å². The molecular weight excluding hydrogens is 262 g/mol. The molecule has 7 heteroatoms. The van der Waals surface area contributed by atoms with Gasteiger partial charge in [-0.15, -0.1) is 0 Å². The summed E-state index contributed by atoms with van der Waals surface area (Å²) in [5.74, 6) is -0.932. The molecule has 0 radical (unpaired) electrons. The molecule has 20 heavy (non-hydrogen) atoms. The van der Waals surface area contributed by atoms with Crippen molar-refractivity contribution in [3.63, 3.8) is 0 Å². The van der Waals surface area contributed by atoms with Crippen LogP contribution in [-0.4, -0.2) is 53.3 Å². The van der Waals surface area contributed by atoms with Gasteiger partial charge in [-0.3, -0.25) is 9.78 Å². The minimum atomic E-state index is -0.932. The largest absolute Gasteiger partial charge is 0.481 e. The lowest BCUT2D eigenvalue weighted by Gasteiger charge is -2.20. The zero-order valence-electron chi connectivity index (χ0n) is 11.0. The Morgan fingerprint density at radius 2 is 2.20 bits per heavy atom. The maximum absolute atomic E-state index is 12.0. The van der Waals surface area contributed by atoms with Gasteiger partial charge in [0.05, 0.1) is 30.6 Å². The van der Waals surface area contributed by atoms with Crippen LogP contribution in [0, 0.1) is 0 Å². The fourth-order valence-electron chi connectivity index (χ4n) is 1.91. The molecule has 2 N–H and O–H groups in total. The standard InChI is InChI=1S/C13H17N3O4/c17-12(18)8-10-2-3-11(9-14-10)15-13(19)16-4-1-6-20-7-5-16/h2-3,9H,1,4-8H2,(H,15,19)(H,17,18). The molecule has 1 aliphatic heterocycles. The Labute approximate surface area is 116 Å². The molecule has 0 saturated carbocycles. The van der Waals surface area contributed by atoms with E-state index < -0.39 is 5.97 Å². The summed E-state index contributed by atoms with van der Waals surface area (Å²) in [7, 11) is 0. The first-order chi connectivity index (χ1) is 9.65. The van der Waals surface area contributed by atoms with Crippen molar-refractivity contribution < 1.29 is 19.4 Å². The zero-order valence-corrected chi connectivity index (χ0v) is 11.0. The molecule has 0 unspecified atom stereocenters. The number of hydrogen-bond donors (Lipinski definition) is 2. The van der Waals surface area contributed by atoms with Crippen LogP contribution >= 0.6 is 0 Å². The molecular formula is C13H17N3O4. The van der Waals surface area contributed by atoms with E-state index >= 15 is 0 Å². The summed E-state index contributed by atoms with van der Waals surface area (Å²) in [4.78, 5) is 28.3. The van der Waals surface area contributed by atoms with E-state index in [1.165, 1.54) is 6.20 Å². The molecule has 0 bridgehead atoms. The van der Waals surface area contributed by atoms with Gasteiger partial charge < -0.3 is 20.1 Å². The van der Waals surface area contributed by atoms with Crippen molar-refractivity contribution in [1.82, 2.24) is 9.88 Å². The number of anilines is 1. The summed E-state index contributed by atoms with van der Waals surface area (Å²) in [5, 5.41) is 11.4. The molecule has 1 aromatic heterocycles. The first kappa shape index (κ1) is 14.3. The highest BCUT2D eigenvalue weighted by atomic mass is 16.5. The minimum Gasteiger partial charge on any atom is -0.481 e. The molecule has 1 aromatic rings.